The molecule has 1 rings (SSSR count). The molecular weight excluding hydrogens is 222 g/mol. The van der Waals surface area contributed by atoms with Crippen molar-refractivity contribution >= 4 is 0 Å². The molecule has 0 saturated carbocycles. The Hall–Kier alpha value is -0.860. The second-order valence-corrected chi connectivity index (χ2v) is 5.52. The molecule has 0 spiro atoms. The van der Waals surface area contributed by atoms with E-state index in [1.54, 1.807) is 0 Å². The minimum Gasteiger partial charge on any atom is -0.387 e. The van der Waals surface area contributed by atoms with Gasteiger partial charge in [-0.05, 0) is 57.7 Å². The third kappa shape index (κ3) is 3.56. The van der Waals surface area contributed by atoms with Crippen molar-refractivity contribution in [1.82, 2.24) is 5.32 Å². The summed E-state index contributed by atoms with van der Waals surface area (Å²) in [6.45, 7) is 12.6. The highest BCUT2D eigenvalue weighted by molar-refractivity contribution is 5.39. The minimum atomic E-state index is -0.445. The van der Waals surface area contributed by atoms with Crippen LogP contribution in [-0.4, -0.2) is 17.2 Å². The van der Waals surface area contributed by atoms with Gasteiger partial charge in [0, 0.05) is 12.1 Å². The largest absolute Gasteiger partial charge is 0.387 e. The lowest BCUT2D eigenvalue weighted by Crippen LogP contribution is -2.38. The highest BCUT2D eigenvalue weighted by atomic mass is 16.3. The van der Waals surface area contributed by atoms with Crippen molar-refractivity contribution in [2.24, 2.45) is 0 Å². The molecule has 1 aromatic carbocycles. The Morgan fingerprint density at radius 2 is 1.61 bits per heavy atom. The number of rotatable bonds is 5. The predicted octanol–water partition coefficient (Wildman–Crippen LogP) is 3.42. The molecular formula is C16H27NO. The molecule has 2 nitrogen and oxygen atoms in total. The fraction of sp³-hybridized carbons (Fsp3) is 0.625. The standard InChI is InChI=1S/C16H27NO/c1-7-13(5)17-14(6)16(18)15-11(3)8-10(2)9-12(15)4/h8-9,13-14,16-18H,7H2,1-6H3. The molecule has 0 aliphatic rings. The van der Waals surface area contributed by atoms with Gasteiger partial charge < -0.3 is 10.4 Å². The molecule has 1 aromatic rings. The van der Waals surface area contributed by atoms with E-state index in [2.05, 4.69) is 59.0 Å². The van der Waals surface area contributed by atoms with E-state index in [0.717, 1.165) is 12.0 Å². The summed E-state index contributed by atoms with van der Waals surface area (Å²) in [7, 11) is 0. The first-order valence-corrected chi connectivity index (χ1v) is 6.88. The Morgan fingerprint density at radius 1 is 1.11 bits per heavy atom. The third-order valence-corrected chi connectivity index (χ3v) is 3.67. The van der Waals surface area contributed by atoms with Gasteiger partial charge in [-0.3, -0.25) is 0 Å². The van der Waals surface area contributed by atoms with E-state index < -0.39 is 6.10 Å². The maximum Gasteiger partial charge on any atom is 0.0945 e. The highest BCUT2D eigenvalue weighted by Gasteiger charge is 2.21. The van der Waals surface area contributed by atoms with Gasteiger partial charge in [-0.1, -0.05) is 24.6 Å². The first kappa shape index (κ1) is 15.2. The van der Waals surface area contributed by atoms with Crippen LogP contribution >= 0.6 is 0 Å². The minimum absolute atomic E-state index is 0.0695. The van der Waals surface area contributed by atoms with Crippen molar-refractivity contribution in [2.75, 3.05) is 0 Å². The summed E-state index contributed by atoms with van der Waals surface area (Å²) < 4.78 is 0. The fourth-order valence-electron chi connectivity index (χ4n) is 2.57. The molecule has 18 heavy (non-hydrogen) atoms. The Kier molecular flexibility index (Phi) is 5.36. The second-order valence-electron chi connectivity index (χ2n) is 5.52. The quantitative estimate of drug-likeness (QED) is 0.838. The normalized spacial score (nSPS) is 16.4. The molecule has 3 atom stereocenters. The lowest BCUT2D eigenvalue weighted by Gasteiger charge is -2.26. The maximum atomic E-state index is 10.5. The molecule has 0 bridgehead atoms. The van der Waals surface area contributed by atoms with Crippen LogP contribution in [0.4, 0.5) is 0 Å². The van der Waals surface area contributed by atoms with Crippen LogP contribution in [0.5, 0.6) is 0 Å². The van der Waals surface area contributed by atoms with E-state index in [9.17, 15) is 5.11 Å². The Morgan fingerprint density at radius 3 is 2.06 bits per heavy atom. The number of hydrogen-bond acceptors (Lipinski definition) is 2. The van der Waals surface area contributed by atoms with Gasteiger partial charge in [0.05, 0.1) is 6.10 Å². The summed E-state index contributed by atoms with van der Waals surface area (Å²) in [5.74, 6) is 0. The number of aryl methyl sites for hydroxylation is 3. The number of aliphatic hydroxyl groups excluding tert-OH is 1. The van der Waals surface area contributed by atoms with Crippen LogP contribution in [0.3, 0.4) is 0 Å². The van der Waals surface area contributed by atoms with Gasteiger partial charge in [-0.2, -0.15) is 0 Å². The summed E-state index contributed by atoms with van der Waals surface area (Å²) in [6.07, 6.45) is 0.628. The summed E-state index contributed by atoms with van der Waals surface area (Å²) in [5, 5.41) is 14.0. The van der Waals surface area contributed by atoms with Gasteiger partial charge >= 0.3 is 0 Å². The summed E-state index contributed by atoms with van der Waals surface area (Å²) in [5.41, 5.74) is 4.68. The van der Waals surface area contributed by atoms with E-state index in [1.165, 1.54) is 16.7 Å². The monoisotopic (exact) mass is 249 g/mol. The van der Waals surface area contributed by atoms with Gasteiger partial charge in [-0.25, -0.2) is 0 Å². The zero-order chi connectivity index (χ0) is 13.9. The van der Waals surface area contributed by atoms with Crippen molar-refractivity contribution in [3.05, 3.63) is 34.4 Å². The van der Waals surface area contributed by atoms with Crippen LogP contribution in [0, 0.1) is 20.8 Å². The van der Waals surface area contributed by atoms with Gasteiger partial charge in [0.25, 0.3) is 0 Å². The SMILES string of the molecule is CCC(C)NC(C)C(O)c1c(C)cc(C)cc1C. The van der Waals surface area contributed by atoms with E-state index in [1.807, 2.05) is 0 Å². The highest BCUT2D eigenvalue weighted by Crippen LogP contribution is 2.26. The van der Waals surface area contributed by atoms with Crippen molar-refractivity contribution < 1.29 is 5.11 Å². The van der Waals surface area contributed by atoms with Crippen molar-refractivity contribution in [3.8, 4) is 0 Å². The van der Waals surface area contributed by atoms with E-state index in [-0.39, 0.29) is 6.04 Å². The van der Waals surface area contributed by atoms with E-state index >= 15 is 0 Å². The van der Waals surface area contributed by atoms with Crippen LogP contribution < -0.4 is 5.32 Å². The van der Waals surface area contributed by atoms with Crippen molar-refractivity contribution in [1.29, 1.82) is 0 Å². The second kappa shape index (κ2) is 6.35. The molecule has 0 aromatic heterocycles. The number of benzene rings is 1. The zero-order valence-electron chi connectivity index (χ0n) is 12.5. The molecule has 0 heterocycles. The van der Waals surface area contributed by atoms with Crippen molar-refractivity contribution in [2.45, 2.75) is 66.2 Å². The topological polar surface area (TPSA) is 32.3 Å². The molecule has 102 valence electrons. The summed E-state index contributed by atoms with van der Waals surface area (Å²) >= 11 is 0. The molecule has 3 unspecified atom stereocenters. The van der Waals surface area contributed by atoms with Crippen LogP contribution in [0.1, 0.15) is 55.5 Å². The maximum absolute atomic E-state index is 10.5. The molecule has 0 aliphatic carbocycles. The predicted molar refractivity (Wildman–Crippen MR) is 78.0 cm³/mol. The Balaban J connectivity index is 2.93. The summed E-state index contributed by atoms with van der Waals surface area (Å²) in [4.78, 5) is 0. The molecule has 0 fully saturated rings. The summed E-state index contributed by atoms with van der Waals surface area (Å²) in [6, 6.07) is 4.78. The number of hydrogen-bond donors (Lipinski definition) is 2. The molecule has 2 N–H and O–H groups in total. The van der Waals surface area contributed by atoms with Gasteiger partial charge in [0.1, 0.15) is 0 Å². The molecule has 0 aliphatic heterocycles. The van der Waals surface area contributed by atoms with Crippen molar-refractivity contribution in [3.63, 3.8) is 0 Å². The van der Waals surface area contributed by atoms with Gasteiger partial charge in [0.15, 0.2) is 0 Å². The van der Waals surface area contributed by atoms with Gasteiger partial charge in [-0.15, -0.1) is 0 Å². The average Bonchev–Trinajstić information content (AvgIpc) is 2.27. The van der Waals surface area contributed by atoms with E-state index in [4.69, 9.17) is 0 Å². The van der Waals surface area contributed by atoms with Crippen LogP contribution in [0.2, 0.25) is 0 Å². The average molecular weight is 249 g/mol. The first-order chi connectivity index (χ1) is 8.36. The van der Waals surface area contributed by atoms with Gasteiger partial charge in [0.2, 0.25) is 0 Å². The van der Waals surface area contributed by atoms with Crippen LogP contribution in [0.15, 0.2) is 12.1 Å². The van der Waals surface area contributed by atoms with E-state index in [0.29, 0.717) is 6.04 Å². The Bertz CT molecular complexity index is 377. The number of aliphatic hydroxyl groups is 1. The lowest BCUT2D eigenvalue weighted by molar-refractivity contribution is 0.129. The first-order valence-electron chi connectivity index (χ1n) is 6.88. The molecule has 0 saturated heterocycles. The molecule has 0 amide bonds. The Labute approximate surface area is 111 Å². The lowest BCUT2D eigenvalue weighted by atomic mass is 9.92. The zero-order valence-corrected chi connectivity index (χ0v) is 12.5. The van der Waals surface area contributed by atoms with Crippen LogP contribution in [-0.2, 0) is 0 Å². The fourth-order valence-corrected chi connectivity index (χ4v) is 2.57. The molecule has 2 heteroatoms. The molecule has 0 radical (unpaired) electrons. The number of nitrogens with one attached hydrogen (secondary N) is 1. The van der Waals surface area contributed by atoms with Crippen LogP contribution in [0.25, 0.3) is 0 Å². The smallest absolute Gasteiger partial charge is 0.0945 e. The third-order valence-electron chi connectivity index (χ3n) is 3.67.